The largest absolute Gasteiger partial charge is 0.350 e. The van der Waals surface area contributed by atoms with Crippen LogP contribution in [0.4, 0.5) is 0 Å². The van der Waals surface area contributed by atoms with Crippen LogP contribution >= 0.6 is 11.3 Å². The van der Waals surface area contributed by atoms with Gasteiger partial charge in [-0.2, -0.15) is 0 Å². The fourth-order valence-corrected chi connectivity index (χ4v) is 3.61. The molecule has 1 N–H and O–H groups in total. The molecule has 106 valence electrons. The first-order valence-electron chi connectivity index (χ1n) is 7.21. The first-order valence-corrected chi connectivity index (χ1v) is 8.03. The predicted molar refractivity (Wildman–Crippen MR) is 81.1 cm³/mol. The molecule has 1 heterocycles. The molecule has 0 spiro atoms. The van der Waals surface area contributed by atoms with Crippen LogP contribution < -0.4 is 5.32 Å². The van der Waals surface area contributed by atoms with E-state index in [2.05, 4.69) is 16.3 Å². The molecule has 3 nitrogen and oxygen atoms in total. The van der Waals surface area contributed by atoms with E-state index < -0.39 is 0 Å². The summed E-state index contributed by atoms with van der Waals surface area (Å²) < 4.78 is 0. The number of likely N-dealkylation sites (N-methyl/N-ethyl adjacent to an activating group) is 1. The van der Waals surface area contributed by atoms with Crippen LogP contribution in [0.2, 0.25) is 0 Å². The minimum absolute atomic E-state index is 0.0959. The van der Waals surface area contributed by atoms with Crippen molar-refractivity contribution >= 4 is 17.2 Å². The van der Waals surface area contributed by atoms with E-state index in [-0.39, 0.29) is 5.91 Å². The van der Waals surface area contributed by atoms with E-state index in [9.17, 15) is 4.79 Å². The highest BCUT2D eigenvalue weighted by Gasteiger charge is 2.15. The summed E-state index contributed by atoms with van der Waals surface area (Å²) >= 11 is 1.70. The number of hydrogen-bond donors (Lipinski definition) is 1. The molecule has 0 saturated carbocycles. The van der Waals surface area contributed by atoms with Crippen molar-refractivity contribution in [2.75, 3.05) is 27.2 Å². The fourth-order valence-electron chi connectivity index (χ4n) is 2.44. The van der Waals surface area contributed by atoms with Crippen molar-refractivity contribution in [3.63, 3.8) is 0 Å². The van der Waals surface area contributed by atoms with Crippen molar-refractivity contribution in [2.24, 2.45) is 0 Å². The number of thiophene rings is 1. The molecule has 0 aromatic carbocycles. The van der Waals surface area contributed by atoms with E-state index in [1.807, 2.05) is 14.1 Å². The number of amides is 1. The quantitative estimate of drug-likeness (QED) is 0.919. The zero-order chi connectivity index (χ0) is 13.7. The van der Waals surface area contributed by atoms with Crippen molar-refractivity contribution in [1.82, 2.24) is 10.2 Å². The van der Waals surface area contributed by atoms with E-state index in [0.29, 0.717) is 6.54 Å². The molecule has 0 atom stereocenters. The summed E-state index contributed by atoms with van der Waals surface area (Å²) in [5, 5.41) is 3.00. The van der Waals surface area contributed by atoms with Gasteiger partial charge in [0, 0.05) is 18.0 Å². The number of fused-ring (bicyclic) bond motifs is 1. The molecule has 0 radical (unpaired) electrons. The van der Waals surface area contributed by atoms with Gasteiger partial charge in [0.1, 0.15) is 0 Å². The molecule has 19 heavy (non-hydrogen) atoms. The number of nitrogens with one attached hydrogen (secondary N) is 1. The van der Waals surface area contributed by atoms with Gasteiger partial charge in [-0.15, -0.1) is 11.3 Å². The zero-order valence-corrected chi connectivity index (χ0v) is 12.8. The molecule has 1 aliphatic rings. The van der Waals surface area contributed by atoms with Crippen LogP contribution in [0.15, 0.2) is 6.07 Å². The minimum atomic E-state index is 0.0959. The van der Waals surface area contributed by atoms with Gasteiger partial charge in [0.2, 0.25) is 0 Å². The highest BCUT2D eigenvalue weighted by molar-refractivity contribution is 7.14. The molecule has 4 heteroatoms. The lowest BCUT2D eigenvalue weighted by molar-refractivity contribution is 0.0955. The topological polar surface area (TPSA) is 32.3 Å². The van der Waals surface area contributed by atoms with Gasteiger partial charge in [-0.3, -0.25) is 4.79 Å². The Kier molecular flexibility index (Phi) is 5.40. The van der Waals surface area contributed by atoms with Crippen LogP contribution in [0, 0.1) is 0 Å². The summed E-state index contributed by atoms with van der Waals surface area (Å²) in [5.74, 6) is 0.0959. The van der Waals surface area contributed by atoms with Crippen LogP contribution in [0.25, 0.3) is 0 Å². The van der Waals surface area contributed by atoms with Crippen molar-refractivity contribution in [2.45, 2.75) is 38.5 Å². The van der Waals surface area contributed by atoms with Gasteiger partial charge >= 0.3 is 0 Å². The van der Waals surface area contributed by atoms with Crippen LogP contribution in [-0.4, -0.2) is 38.0 Å². The minimum Gasteiger partial charge on any atom is -0.350 e. The molecule has 2 rings (SSSR count). The Labute approximate surface area is 120 Å². The monoisotopic (exact) mass is 280 g/mol. The second-order valence-corrected chi connectivity index (χ2v) is 6.67. The number of nitrogens with zero attached hydrogens (tertiary/aromatic N) is 1. The smallest absolute Gasteiger partial charge is 0.261 e. The molecular weight excluding hydrogens is 256 g/mol. The molecule has 1 aromatic rings. The molecule has 0 aliphatic heterocycles. The van der Waals surface area contributed by atoms with E-state index in [0.717, 1.165) is 24.3 Å². The van der Waals surface area contributed by atoms with Gasteiger partial charge in [-0.05, 0) is 51.4 Å². The molecular formula is C15H24N2OS. The summed E-state index contributed by atoms with van der Waals surface area (Å²) in [4.78, 5) is 16.5. The van der Waals surface area contributed by atoms with Crippen molar-refractivity contribution in [1.29, 1.82) is 0 Å². The SMILES string of the molecule is CN(C)CCNC(=O)c1cc2c(s1)CCCCCC2. The van der Waals surface area contributed by atoms with Gasteiger partial charge in [-0.25, -0.2) is 0 Å². The molecule has 0 fully saturated rings. The third-order valence-electron chi connectivity index (χ3n) is 3.56. The highest BCUT2D eigenvalue weighted by Crippen LogP contribution is 2.28. The Morgan fingerprint density at radius 1 is 1.26 bits per heavy atom. The lowest BCUT2D eigenvalue weighted by Crippen LogP contribution is -2.30. The number of carbonyl (C=O) groups excluding carboxylic acids is 1. The number of carbonyl (C=O) groups is 1. The second kappa shape index (κ2) is 7.06. The molecule has 1 aliphatic carbocycles. The van der Waals surface area contributed by atoms with E-state index in [4.69, 9.17) is 0 Å². The molecule has 0 saturated heterocycles. The third kappa shape index (κ3) is 4.32. The molecule has 0 bridgehead atoms. The standard InChI is InChI=1S/C15H24N2OS/c1-17(2)10-9-16-15(18)14-11-12-7-5-3-4-6-8-13(12)19-14/h11H,3-10H2,1-2H3,(H,16,18). The normalized spacial score (nSPS) is 15.7. The van der Waals surface area contributed by atoms with Crippen LogP contribution in [0.3, 0.4) is 0 Å². The zero-order valence-electron chi connectivity index (χ0n) is 12.0. The summed E-state index contributed by atoms with van der Waals surface area (Å²) in [5.41, 5.74) is 1.42. The van der Waals surface area contributed by atoms with E-state index in [1.165, 1.54) is 36.1 Å². The summed E-state index contributed by atoms with van der Waals surface area (Å²) in [7, 11) is 4.03. The first kappa shape index (κ1) is 14.5. The number of rotatable bonds is 4. The van der Waals surface area contributed by atoms with Crippen molar-refractivity contribution < 1.29 is 4.79 Å². The fraction of sp³-hybridized carbons (Fsp3) is 0.667. The maximum absolute atomic E-state index is 12.1. The van der Waals surface area contributed by atoms with Gasteiger partial charge in [0.05, 0.1) is 4.88 Å². The van der Waals surface area contributed by atoms with Crippen molar-refractivity contribution in [3.05, 3.63) is 21.4 Å². The van der Waals surface area contributed by atoms with Crippen molar-refractivity contribution in [3.8, 4) is 0 Å². The Hall–Kier alpha value is -0.870. The average molecular weight is 280 g/mol. The molecule has 0 unspecified atom stereocenters. The van der Waals surface area contributed by atoms with Crippen LogP contribution in [0.1, 0.15) is 45.8 Å². The first-order chi connectivity index (χ1) is 9.16. The second-order valence-electron chi connectivity index (χ2n) is 5.53. The van der Waals surface area contributed by atoms with Gasteiger partial charge in [0.15, 0.2) is 0 Å². The van der Waals surface area contributed by atoms with E-state index >= 15 is 0 Å². The molecule has 1 amide bonds. The average Bonchev–Trinajstić information content (AvgIpc) is 2.71. The van der Waals surface area contributed by atoms with Gasteiger partial charge < -0.3 is 10.2 Å². The van der Waals surface area contributed by atoms with E-state index in [1.54, 1.807) is 11.3 Å². The Morgan fingerprint density at radius 3 is 2.74 bits per heavy atom. The van der Waals surface area contributed by atoms with Crippen LogP contribution in [-0.2, 0) is 12.8 Å². The summed E-state index contributed by atoms with van der Waals surface area (Å²) in [6.45, 7) is 1.60. The highest BCUT2D eigenvalue weighted by atomic mass is 32.1. The third-order valence-corrected chi connectivity index (χ3v) is 4.80. The predicted octanol–water partition coefficient (Wildman–Crippen LogP) is 2.70. The van der Waals surface area contributed by atoms with Gasteiger partial charge in [0.25, 0.3) is 5.91 Å². The number of hydrogen-bond acceptors (Lipinski definition) is 3. The summed E-state index contributed by atoms with van der Waals surface area (Å²) in [6.07, 6.45) is 7.52. The Morgan fingerprint density at radius 2 is 2.00 bits per heavy atom. The number of aryl methyl sites for hydroxylation is 2. The van der Waals surface area contributed by atoms with Crippen LogP contribution in [0.5, 0.6) is 0 Å². The maximum Gasteiger partial charge on any atom is 0.261 e. The Bertz CT molecular complexity index is 400. The lowest BCUT2D eigenvalue weighted by atomic mass is 10.00. The maximum atomic E-state index is 12.1. The lowest BCUT2D eigenvalue weighted by Gasteiger charge is -2.09. The Balaban J connectivity index is 1.96. The van der Waals surface area contributed by atoms with Gasteiger partial charge in [-0.1, -0.05) is 12.8 Å². The molecule has 1 aromatic heterocycles. The summed E-state index contributed by atoms with van der Waals surface area (Å²) in [6, 6.07) is 2.12.